The Morgan fingerprint density at radius 1 is 0.577 bits per heavy atom. The van der Waals surface area contributed by atoms with Gasteiger partial charge in [0, 0.05) is 99.2 Å². The molecule has 0 spiro atoms. The summed E-state index contributed by atoms with van der Waals surface area (Å²) in [5, 5.41) is 8.80. The molecule has 0 aliphatic rings. The van der Waals surface area contributed by atoms with Crippen LogP contribution in [-0.2, 0) is 10.0 Å². The molecular formula is C59H50Cl2N12O4S. The van der Waals surface area contributed by atoms with Crippen molar-refractivity contribution in [2.75, 3.05) is 46.0 Å². The lowest BCUT2D eigenvalue weighted by Gasteiger charge is -2.18. The number of rotatable bonds is 12. The Hall–Kier alpha value is -9.55. The number of amides is 2. The highest BCUT2D eigenvalue weighted by atomic mass is 35.5. The molecule has 78 heavy (non-hydrogen) atoms. The molecule has 16 nitrogen and oxygen atoms in total. The Labute approximate surface area is 460 Å². The zero-order chi connectivity index (χ0) is 53.8. The first-order chi connectivity index (χ1) is 37.2. The van der Waals surface area contributed by atoms with E-state index in [0.29, 0.717) is 72.7 Å². The molecule has 0 unspecified atom stereocenters. The topological polar surface area (TPSA) is 223 Å². The monoisotopic (exact) mass is 1090 g/mol. The Balaban J connectivity index is 0.000000192. The summed E-state index contributed by atoms with van der Waals surface area (Å²) >= 11 is 13.0. The number of nitrogens with zero attached hydrogens (tertiary/aromatic N) is 7. The third-order valence-corrected chi connectivity index (χ3v) is 14.7. The zero-order valence-electron chi connectivity index (χ0n) is 41.1. The summed E-state index contributed by atoms with van der Waals surface area (Å²) in [6, 6.07) is 51.6. The molecule has 7 N–H and O–H groups in total. The lowest BCUT2D eigenvalue weighted by Crippen LogP contribution is -2.26. The van der Waals surface area contributed by atoms with Gasteiger partial charge in [-0.2, -0.15) is 0 Å². The normalized spacial score (nSPS) is 11.0. The van der Waals surface area contributed by atoms with Gasteiger partial charge in [-0.15, -0.1) is 0 Å². The maximum Gasteiger partial charge on any atom is 0.268 e. The van der Waals surface area contributed by atoms with Crippen molar-refractivity contribution < 1.29 is 18.0 Å². The predicted octanol–water partition coefficient (Wildman–Crippen LogP) is 13.1. The number of hydrogen-bond acceptors (Lipinski definition) is 12. The maximum absolute atomic E-state index is 13.6. The first-order valence-electron chi connectivity index (χ1n) is 23.8. The van der Waals surface area contributed by atoms with Gasteiger partial charge < -0.3 is 36.9 Å². The Kier molecular flexibility index (Phi) is 15.5. The van der Waals surface area contributed by atoms with Gasteiger partial charge in [0.25, 0.3) is 21.8 Å². The van der Waals surface area contributed by atoms with Crippen molar-refractivity contribution in [2.24, 2.45) is 0 Å². The molecule has 390 valence electrons. The van der Waals surface area contributed by atoms with Crippen molar-refractivity contribution >= 4 is 113 Å². The summed E-state index contributed by atoms with van der Waals surface area (Å²) in [6.07, 6.45) is 6.46. The van der Waals surface area contributed by atoms with E-state index in [1.807, 2.05) is 85.1 Å². The molecule has 11 aromatic rings. The Bertz CT molecular complexity index is 4100. The van der Waals surface area contributed by atoms with Crippen LogP contribution in [0.3, 0.4) is 0 Å². The smallest absolute Gasteiger partial charge is 0.268 e. The number of H-pyrrole nitrogens is 1. The van der Waals surface area contributed by atoms with E-state index in [0.717, 1.165) is 27.8 Å². The second kappa shape index (κ2) is 22.7. The summed E-state index contributed by atoms with van der Waals surface area (Å²) in [5.41, 5.74) is 20.4. The number of anilines is 8. The lowest BCUT2D eigenvalue weighted by molar-refractivity contribution is 0.0985. The summed E-state index contributed by atoms with van der Waals surface area (Å²) in [6.45, 7) is 0. The number of halogens is 2. The van der Waals surface area contributed by atoms with Crippen LogP contribution in [0.1, 0.15) is 28.1 Å². The second-order valence-electron chi connectivity index (χ2n) is 17.5. The lowest BCUT2D eigenvalue weighted by atomic mass is 10.1. The molecule has 0 atom stereocenters. The summed E-state index contributed by atoms with van der Waals surface area (Å²) in [7, 11) is -0.474. The largest absolute Gasteiger partial charge is 0.399 e. The van der Waals surface area contributed by atoms with Gasteiger partial charge in [0.15, 0.2) is 0 Å². The number of nitrogens with one attached hydrogen (secondary N) is 3. The molecular weight excluding hydrogens is 1040 g/mol. The molecule has 0 fully saturated rings. The van der Waals surface area contributed by atoms with Gasteiger partial charge in [-0.3, -0.25) is 9.59 Å². The van der Waals surface area contributed by atoms with Crippen LogP contribution in [0.25, 0.3) is 44.3 Å². The number of nitrogens with two attached hydrogens (primary N) is 2. The number of carbonyl (C=O) groups is 2. The second-order valence-corrected chi connectivity index (χ2v) is 20.2. The number of aromatic nitrogens is 6. The van der Waals surface area contributed by atoms with E-state index in [-0.39, 0.29) is 35.1 Å². The van der Waals surface area contributed by atoms with Gasteiger partial charge in [-0.25, -0.2) is 32.3 Å². The van der Waals surface area contributed by atoms with Gasteiger partial charge in [0.2, 0.25) is 11.9 Å². The van der Waals surface area contributed by atoms with E-state index in [4.69, 9.17) is 34.7 Å². The van der Waals surface area contributed by atoms with E-state index in [9.17, 15) is 18.0 Å². The van der Waals surface area contributed by atoms with Gasteiger partial charge in [0.1, 0.15) is 0 Å². The number of fused-ring (bicyclic) bond motifs is 2. The van der Waals surface area contributed by atoms with Crippen molar-refractivity contribution in [3.05, 3.63) is 222 Å². The molecule has 0 bridgehead atoms. The minimum atomic E-state index is -3.89. The molecule has 0 aliphatic carbocycles. The molecule has 0 saturated heterocycles. The number of benzene rings is 7. The SMILES string of the molecule is C.CN(C(=O)c1ccc(N)cc1)c1cccc(Nc2ncc(Cl)c(-c3c[nH]c4ccccc34)n2)c1.CN(C(=O)c1ccc(N)cc1)c1cccc(Nc2ncc(Cl)c(-c3cn(S(=O)(=O)c4ccccc4)c4ccccc34)n2)c1. The fourth-order valence-corrected chi connectivity index (χ4v) is 10.2. The van der Waals surface area contributed by atoms with Crippen molar-refractivity contribution in [1.82, 2.24) is 28.9 Å². The van der Waals surface area contributed by atoms with Crippen molar-refractivity contribution in [3.63, 3.8) is 0 Å². The van der Waals surface area contributed by atoms with Crippen LogP contribution in [0.4, 0.5) is 46.0 Å². The molecule has 0 aliphatic heterocycles. The Morgan fingerprint density at radius 2 is 1.05 bits per heavy atom. The maximum atomic E-state index is 13.6. The van der Waals surface area contributed by atoms with Crippen LogP contribution in [0.2, 0.25) is 10.0 Å². The fourth-order valence-electron chi connectivity index (χ4n) is 8.46. The quantitative estimate of drug-likeness (QED) is 0.0721. The summed E-state index contributed by atoms with van der Waals surface area (Å²) in [4.78, 5) is 50.4. The molecule has 4 heterocycles. The highest BCUT2D eigenvalue weighted by Gasteiger charge is 2.24. The van der Waals surface area contributed by atoms with Gasteiger partial charge in [-0.1, -0.05) is 97.4 Å². The first kappa shape index (κ1) is 53.3. The van der Waals surface area contributed by atoms with Gasteiger partial charge >= 0.3 is 0 Å². The molecule has 11 rings (SSSR count). The Morgan fingerprint density at radius 3 is 1.59 bits per heavy atom. The van der Waals surface area contributed by atoms with Crippen LogP contribution >= 0.6 is 23.2 Å². The van der Waals surface area contributed by atoms with Crippen molar-refractivity contribution in [1.29, 1.82) is 0 Å². The van der Waals surface area contributed by atoms with Crippen molar-refractivity contribution in [2.45, 2.75) is 12.3 Å². The van der Waals surface area contributed by atoms with Crippen LogP contribution in [0, 0.1) is 0 Å². The third kappa shape index (κ3) is 11.2. The van der Waals surface area contributed by atoms with Crippen LogP contribution in [0.5, 0.6) is 0 Å². The summed E-state index contributed by atoms with van der Waals surface area (Å²) < 4.78 is 28.4. The number of aromatic amines is 1. The molecule has 7 aromatic carbocycles. The fraction of sp³-hybridized carbons (Fsp3) is 0.0508. The number of carbonyl (C=O) groups excluding carboxylic acids is 2. The molecule has 19 heteroatoms. The highest BCUT2D eigenvalue weighted by Crippen LogP contribution is 2.37. The highest BCUT2D eigenvalue weighted by molar-refractivity contribution is 7.90. The third-order valence-electron chi connectivity index (χ3n) is 12.5. The van der Waals surface area contributed by atoms with Crippen LogP contribution in [-0.4, -0.2) is 63.2 Å². The molecule has 4 aromatic heterocycles. The average molecular weight is 1090 g/mol. The van der Waals surface area contributed by atoms with Crippen LogP contribution in [0.15, 0.2) is 206 Å². The van der Waals surface area contributed by atoms with Gasteiger partial charge in [0.05, 0.1) is 44.2 Å². The standard InChI is InChI=1S/C32H25ClN6O3S.C26H21ClN6O.CH4/c1-38(31(40)21-14-16-22(34)17-15-21)24-9-7-8-23(18-24)36-32-35-19-28(33)30(37-32)27-20-39(29-13-6-5-12-26(27)29)43(41,42)25-10-3-2-4-11-25;1-33(25(34)16-9-11-17(28)12-10-16)19-6-4-5-18(13-19)31-26-30-15-22(27)24(32-26)21-14-29-23-8-3-2-7-20(21)23;/h2-20H,34H2,1H3,(H,35,36,37);2-15,29H,28H2,1H3,(H,30,31,32);1H4. The predicted molar refractivity (Wildman–Crippen MR) is 315 cm³/mol. The minimum absolute atomic E-state index is 0. The zero-order valence-corrected chi connectivity index (χ0v) is 43.5. The van der Waals surface area contributed by atoms with Crippen LogP contribution < -0.4 is 31.9 Å². The van der Waals surface area contributed by atoms with Crippen molar-refractivity contribution in [3.8, 4) is 22.5 Å². The molecule has 2 amide bonds. The summed E-state index contributed by atoms with van der Waals surface area (Å²) in [5.74, 6) is 0.312. The molecule has 0 radical (unpaired) electrons. The van der Waals surface area contributed by atoms with Gasteiger partial charge in [-0.05, 0) is 109 Å². The van der Waals surface area contributed by atoms with E-state index in [1.165, 1.54) is 21.3 Å². The number of para-hydroxylation sites is 2. The van der Waals surface area contributed by atoms with E-state index in [2.05, 4.69) is 35.6 Å². The van der Waals surface area contributed by atoms with E-state index >= 15 is 0 Å². The molecule has 0 saturated carbocycles. The average Bonchev–Trinajstić information content (AvgIpc) is 4.18. The number of nitrogen functional groups attached to an aromatic ring is 2. The minimum Gasteiger partial charge on any atom is -0.399 e. The van der Waals surface area contributed by atoms with E-state index in [1.54, 1.807) is 122 Å². The van der Waals surface area contributed by atoms with E-state index < -0.39 is 10.0 Å². The first-order valence-corrected chi connectivity index (χ1v) is 26.0. The number of hydrogen-bond donors (Lipinski definition) is 5.